The minimum atomic E-state index is -0.511. The molecule has 1 atom stereocenters. The maximum atomic E-state index is 12.2. The molecule has 27 heavy (non-hydrogen) atoms. The number of carbonyl (C=O) groups is 1. The van der Waals surface area contributed by atoms with Crippen molar-refractivity contribution in [1.82, 2.24) is 0 Å². The van der Waals surface area contributed by atoms with Crippen molar-refractivity contribution in [2.75, 3.05) is 12.1 Å². The molecule has 7 heteroatoms. The van der Waals surface area contributed by atoms with Crippen molar-refractivity contribution in [3.63, 3.8) is 0 Å². The molecule has 0 aromatic heterocycles. The lowest BCUT2D eigenvalue weighted by Gasteiger charge is -2.15. The van der Waals surface area contributed by atoms with Crippen LogP contribution in [-0.4, -0.2) is 18.7 Å². The molecule has 0 unspecified atom stereocenters. The number of benzene rings is 2. The van der Waals surface area contributed by atoms with E-state index < -0.39 is 6.04 Å². The Morgan fingerprint density at radius 3 is 2.74 bits per heavy atom. The van der Waals surface area contributed by atoms with Crippen LogP contribution in [0.4, 0.5) is 5.69 Å². The highest BCUT2D eigenvalue weighted by Gasteiger charge is 2.16. The van der Waals surface area contributed by atoms with Crippen LogP contribution < -0.4 is 25.3 Å². The third-order valence-electron chi connectivity index (χ3n) is 4.01. The Kier molecular flexibility index (Phi) is 7.33. The zero-order valence-electron chi connectivity index (χ0n) is 15.4. The Balaban J connectivity index is 0.00000261. The molecule has 2 aromatic carbocycles. The number of anilines is 1. The number of nitrogens with one attached hydrogen (secondary N) is 1. The molecule has 1 amide bonds. The van der Waals surface area contributed by atoms with Crippen LogP contribution in [0.5, 0.6) is 17.2 Å². The van der Waals surface area contributed by atoms with E-state index in [0.29, 0.717) is 36.1 Å². The van der Waals surface area contributed by atoms with Gasteiger partial charge in [-0.1, -0.05) is 26.0 Å². The predicted molar refractivity (Wildman–Crippen MR) is 107 cm³/mol. The summed E-state index contributed by atoms with van der Waals surface area (Å²) in [4.78, 5) is 12.2. The largest absolute Gasteiger partial charge is 0.489 e. The van der Waals surface area contributed by atoms with E-state index in [1.165, 1.54) is 0 Å². The summed E-state index contributed by atoms with van der Waals surface area (Å²) < 4.78 is 16.4. The summed E-state index contributed by atoms with van der Waals surface area (Å²) >= 11 is 0. The van der Waals surface area contributed by atoms with Crippen molar-refractivity contribution in [3.05, 3.63) is 48.0 Å². The molecule has 0 saturated heterocycles. The molecule has 0 saturated carbocycles. The topological polar surface area (TPSA) is 82.8 Å². The van der Waals surface area contributed by atoms with Gasteiger partial charge in [0.25, 0.3) is 0 Å². The van der Waals surface area contributed by atoms with Gasteiger partial charge in [0.15, 0.2) is 11.5 Å². The first-order chi connectivity index (χ1) is 12.5. The molecule has 3 N–H and O–H groups in total. The van der Waals surface area contributed by atoms with Crippen LogP contribution >= 0.6 is 12.4 Å². The number of nitrogens with two attached hydrogens (primary N) is 1. The lowest BCUT2D eigenvalue weighted by molar-refractivity contribution is -0.117. The number of halogens is 1. The average Bonchev–Trinajstić information content (AvgIpc) is 3.07. The van der Waals surface area contributed by atoms with E-state index in [4.69, 9.17) is 19.9 Å². The Labute approximate surface area is 165 Å². The average molecular weight is 393 g/mol. The molecule has 0 radical (unpaired) electrons. The number of hydrogen-bond acceptors (Lipinski definition) is 5. The van der Waals surface area contributed by atoms with Crippen LogP contribution in [0, 0.1) is 5.92 Å². The van der Waals surface area contributed by atoms with Crippen LogP contribution in [0.25, 0.3) is 0 Å². The molecular weight excluding hydrogens is 368 g/mol. The summed E-state index contributed by atoms with van der Waals surface area (Å²) in [5.41, 5.74) is 7.58. The number of ether oxygens (including phenoxy) is 3. The van der Waals surface area contributed by atoms with Crippen LogP contribution in [0.15, 0.2) is 42.5 Å². The second-order valence-electron chi connectivity index (χ2n) is 6.73. The summed E-state index contributed by atoms with van der Waals surface area (Å²) in [5.74, 6) is 2.30. The van der Waals surface area contributed by atoms with Crippen molar-refractivity contribution < 1.29 is 19.0 Å². The number of rotatable bonds is 7. The van der Waals surface area contributed by atoms with Gasteiger partial charge in [0.05, 0.1) is 6.04 Å². The number of carbonyl (C=O) groups excluding carboxylic acids is 1. The van der Waals surface area contributed by atoms with Crippen LogP contribution in [-0.2, 0) is 11.4 Å². The van der Waals surface area contributed by atoms with E-state index >= 15 is 0 Å². The van der Waals surface area contributed by atoms with Crippen LogP contribution in [0.1, 0.15) is 25.8 Å². The molecule has 0 aliphatic carbocycles. The Morgan fingerprint density at radius 1 is 1.19 bits per heavy atom. The molecule has 0 fully saturated rings. The summed E-state index contributed by atoms with van der Waals surface area (Å²) in [6, 6.07) is 12.5. The highest BCUT2D eigenvalue weighted by atomic mass is 35.5. The van der Waals surface area contributed by atoms with Gasteiger partial charge in [-0.2, -0.15) is 0 Å². The normalized spacial score (nSPS) is 13.0. The molecular formula is C20H25ClN2O4. The lowest BCUT2D eigenvalue weighted by Crippen LogP contribution is -2.36. The van der Waals surface area contributed by atoms with Crippen LogP contribution in [0.2, 0.25) is 0 Å². The Morgan fingerprint density at radius 2 is 1.96 bits per heavy atom. The van der Waals surface area contributed by atoms with Crippen molar-refractivity contribution in [1.29, 1.82) is 0 Å². The molecule has 1 aliphatic rings. The van der Waals surface area contributed by atoms with E-state index in [2.05, 4.69) is 5.32 Å². The Hall–Kier alpha value is -2.44. The van der Waals surface area contributed by atoms with E-state index in [1.54, 1.807) is 6.07 Å². The first kappa shape index (κ1) is 20.9. The summed E-state index contributed by atoms with van der Waals surface area (Å²) in [6.07, 6.45) is 0.652. The van der Waals surface area contributed by atoms with Crippen molar-refractivity contribution >= 4 is 24.0 Å². The van der Waals surface area contributed by atoms with Gasteiger partial charge in [-0.25, -0.2) is 0 Å². The minimum absolute atomic E-state index is 0. The molecule has 2 aromatic rings. The standard InChI is InChI=1S/C20H24N2O4.ClH/c1-13(2)8-17(21)20(23)22-15-5-3-4-14(9-15)11-24-16-6-7-18-19(10-16)26-12-25-18;/h3-7,9-10,13,17H,8,11-12,21H2,1-2H3,(H,22,23);1H/t17-;/m0./s1. The number of hydrogen-bond donors (Lipinski definition) is 2. The zero-order chi connectivity index (χ0) is 18.5. The second kappa shape index (κ2) is 9.48. The first-order valence-electron chi connectivity index (χ1n) is 8.69. The SMILES string of the molecule is CC(C)C[C@H](N)C(=O)Nc1cccc(COc2ccc3c(c2)OCO3)c1.Cl. The molecule has 6 nitrogen and oxygen atoms in total. The molecule has 146 valence electrons. The third-order valence-corrected chi connectivity index (χ3v) is 4.01. The van der Waals surface area contributed by atoms with Gasteiger partial charge in [0.2, 0.25) is 12.7 Å². The summed E-state index contributed by atoms with van der Waals surface area (Å²) in [5, 5.41) is 2.86. The fourth-order valence-electron chi connectivity index (χ4n) is 2.72. The third kappa shape index (κ3) is 5.77. The van der Waals surface area contributed by atoms with Gasteiger partial charge < -0.3 is 25.3 Å². The molecule has 1 heterocycles. The first-order valence-corrected chi connectivity index (χ1v) is 8.69. The number of fused-ring (bicyclic) bond motifs is 1. The fraction of sp³-hybridized carbons (Fsp3) is 0.350. The smallest absolute Gasteiger partial charge is 0.241 e. The minimum Gasteiger partial charge on any atom is -0.489 e. The second-order valence-corrected chi connectivity index (χ2v) is 6.73. The lowest BCUT2D eigenvalue weighted by atomic mass is 10.0. The molecule has 1 aliphatic heterocycles. The highest BCUT2D eigenvalue weighted by Crippen LogP contribution is 2.35. The zero-order valence-corrected chi connectivity index (χ0v) is 16.3. The van der Waals surface area contributed by atoms with Gasteiger partial charge >= 0.3 is 0 Å². The van der Waals surface area contributed by atoms with Crippen molar-refractivity contribution in [2.45, 2.75) is 32.9 Å². The predicted octanol–water partition coefficient (Wildman–Crippen LogP) is 3.73. The highest BCUT2D eigenvalue weighted by molar-refractivity contribution is 5.94. The van der Waals surface area contributed by atoms with Gasteiger partial charge in [0.1, 0.15) is 12.4 Å². The van der Waals surface area contributed by atoms with Crippen molar-refractivity contribution in [3.8, 4) is 17.2 Å². The number of amides is 1. The maximum Gasteiger partial charge on any atom is 0.241 e. The molecule has 0 spiro atoms. The summed E-state index contributed by atoms with van der Waals surface area (Å²) in [7, 11) is 0. The molecule has 3 rings (SSSR count). The quantitative estimate of drug-likeness (QED) is 0.750. The van der Waals surface area contributed by atoms with E-state index in [0.717, 1.165) is 11.3 Å². The van der Waals surface area contributed by atoms with E-state index in [9.17, 15) is 4.79 Å². The van der Waals surface area contributed by atoms with E-state index in [1.807, 2.05) is 50.2 Å². The van der Waals surface area contributed by atoms with Crippen LogP contribution in [0.3, 0.4) is 0 Å². The maximum absolute atomic E-state index is 12.2. The Bertz CT molecular complexity index is 782. The van der Waals surface area contributed by atoms with Crippen molar-refractivity contribution in [2.24, 2.45) is 11.7 Å². The van der Waals surface area contributed by atoms with Gasteiger partial charge in [-0.05, 0) is 42.2 Å². The van der Waals surface area contributed by atoms with Gasteiger partial charge in [-0.15, -0.1) is 12.4 Å². The van der Waals surface area contributed by atoms with Gasteiger partial charge in [-0.3, -0.25) is 4.79 Å². The monoisotopic (exact) mass is 392 g/mol. The van der Waals surface area contributed by atoms with E-state index in [-0.39, 0.29) is 25.1 Å². The summed E-state index contributed by atoms with van der Waals surface area (Å²) in [6.45, 7) is 4.70. The van der Waals surface area contributed by atoms with Gasteiger partial charge in [0, 0.05) is 11.8 Å². The fourth-order valence-corrected chi connectivity index (χ4v) is 2.72. The molecule has 0 bridgehead atoms.